The quantitative estimate of drug-likeness (QED) is 0.414. The standard InChI is InChI=1S/C19H19ClSi/c1-21(2,20)19(16-10-4-3-5-11-16)18-14-8-12-15-9-6-7-13-17(15)18/h3-14,19H,1-2H3/t19-/m0/s1. The van der Waals surface area contributed by atoms with Gasteiger partial charge in [0.25, 0.3) is 0 Å². The third-order valence-corrected chi connectivity index (χ3v) is 6.63. The third-order valence-electron chi connectivity index (χ3n) is 3.95. The van der Waals surface area contributed by atoms with Gasteiger partial charge in [-0.15, -0.1) is 0 Å². The van der Waals surface area contributed by atoms with E-state index in [4.69, 9.17) is 11.1 Å². The molecule has 0 amide bonds. The lowest BCUT2D eigenvalue weighted by Crippen LogP contribution is -2.29. The van der Waals surface area contributed by atoms with Gasteiger partial charge in [-0.2, -0.15) is 11.1 Å². The van der Waals surface area contributed by atoms with Crippen LogP contribution in [0.15, 0.2) is 72.8 Å². The molecule has 106 valence electrons. The van der Waals surface area contributed by atoms with Gasteiger partial charge in [0.2, 0.25) is 0 Å². The van der Waals surface area contributed by atoms with Crippen molar-refractivity contribution in [2.24, 2.45) is 0 Å². The topological polar surface area (TPSA) is 0 Å². The molecule has 0 nitrogen and oxygen atoms in total. The highest BCUT2D eigenvalue weighted by Gasteiger charge is 2.33. The fraction of sp³-hybridized carbons (Fsp3) is 0.158. The maximum atomic E-state index is 6.91. The van der Waals surface area contributed by atoms with Crippen molar-refractivity contribution in [3.8, 4) is 0 Å². The maximum absolute atomic E-state index is 6.91. The highest BCUT2D eigenvalue weighted by atomic mass is 35.6. The SMILES string of the molecule is C[Si](C)(Cl)[C@@H](c1ccccc1)c1cccc2ccccc12. The van der Waals surface area contributed by atoms with Gasteiger partial charge in [0.15, 0.2) is 7.38 Å². The van der Waals surface area contributed by atoms with E-state index in [1.807, 2.05) is 0 Å². The first kappa shape index (κ1) is 14.4. The average molecular weight is 311 g/mol. The third kappa shape index (κ3) is 2.90. The number of halogens is 1. The molecule has 0 bridgehead atoms. The fourth-order valence-corrected chi connectivity index (χ4v) is 5.80. The first-order valence-corrected chi connectivity index (χ1v) is 11.4. The van der Waals surface area contributed by atoms with E-state index in [1.54, 1.807) is 0 Å². The molecule has 0 aliphatic heterocycles. The minimum atomic E-state index is -1.91. The molecule has 0 saturated heterocycles. The van der Waals surface area contributed by atoms with E-state index < -0.39 is 7.38 Å². The van der Waals surface area contributed by atoms with Gasteiger partial charge in [-0.1, -0.05) is 85.9 Å². The predicted octanol–water partition coefficient (Wildman–Crippen LogP) is 5.95. The van der Waals surface area contributed by atoms with E-state index in [0.717, 1.165) is 0 Å². The Morgan fingerprint density at radius 3 is 2.10 bits per heavy atom. The van der Waals surface area contributed by atoms with Crippen molar-refractivity contribution in [2.45, 2.75) is 18.6 Å². The van der Waals surface area contributed by atoms with Crippen LogP contribution in [0.2, 0.25) is 13.1 Å². The van der Waals surface area contributed by atoms with E-state index >= 15 is 0 Å². The van der Waals surface area contributed by atoms with Crippen molar-refractivity contribution in [3.05, 3.63) is 83.9 Å². The van der Waals surface area contributed by atoms with Gasteiger partial charge in [-0.3, -0.25) is 0 Å². The number of rotatable bonds is 3. The second-order valence-corrected chi connectivity index (χ2v) is 12.6. The van der Waals surface area contributed by atoms with Crippen molar-refractivity contribution in [1.82, 2.24) is 0 Å². The van der Waals surface area contributed by atoms with Gasteiger partial charge in [0.05, 0.1) is 0 Å². The maximum Gasteiger partial charge on any atom is 0.162 e. The van der Waals surface area contributed by atoms with Crippen molar-refractivity contribution in [2.75, 3.05) is 0 Å². The molecular formula is C19H19ClSi. The van der Waals surface area contributed by atoms with Crippen LogP contribution >= 0.6 is 11.1 Å². The highest BCUT2D eigenvalue weighted by molar-refractivity contribution is 7.20. The molecule has 0 saturated carbocycles. The molecule has 0 aromatic heterocycles. The van der Waals surface area contributed by atoms with Crippen LogP contribution in [0.25, 0.3) is 10.8 Å². The number of hydrogen-bond acceptors (Lipinski definition) is 0. The van der Waals surface area contributed by atoms with Crippen LogP contribution in [0.4, 0.5) is 0 Å². The summed E-state index contributed by atoms with van der Waals surface area (Å²) in [4.78, 5) is 0. The summed E-state index contributed by atoms with van der Waals surface area (Å²) in [5.41, 5.74) is 2.97. The van der Waals surface area contributed by atoms with Crippen LogP contribution in [0.3, 0.4) is 0 Å². The Hall–Kier alpha value is -1.57. The molecule has 1 atom stereocenters. The minimum absolute atomic E-state index is 0.298. The van der Waals surface area contributed by atoms with Gasteiger partial charge in [-0.05, 0) is 21.9 Å². The Morgan fingerprint density at radius 2 is 1.38 bits per heavy atom. The smallest absolute Gasteiger partial charge is 0.162 e. The van der Waals surface area contributed by atoms with Gasteiger partial charge in [-0.25, -0.2) is 0 Å². The normalized spacial score (nSPS) is 13.3. The Bertz CT molecular complexity index is 739. The molecule has 0 heterocycles. The van der Waals surface area contributed by atoms with E-state index in [2.05, 4.69) is 85.9 Å². The molecule has 21 heavy (non-hydrogen) atoms. The van der Waals surface area contributed by atoms with E-state index in [-0.39, 0.29) is 0 Å². The van der Waals surface area contributed by atoms with E-state index in [0.29, 0.717) is 5.54 Å². The number of fused-ring (bicyclic) bond motifs is 1. The molecule has 3 rings (SSSR count). The molecular weight excluding hydrogens is 292 g/mol. The predicted molar refractivity (Wildman–Crippen MR) is 95.6 cm³/mol. The molecule has 3 aromatic rings. The second-order valence-electron chi connectivity index (χ2n) is 5.98. The molecule has 0 N–H and O–H groups in total. The van der Waals surface area contributed by atoms with Crippen LogP contribution in [0.1, 0.15) is 16.7 Å². The lowest BCUT2D eigenvalue weighted by Gasteiger charge is -2.28. The lowest BCUT2D eigenvalue weighted by molar-refractivity contribution is 1.11. The summed E-state index contributed by atoms with van der Waals surface area (Å²) in [6.07, 6.45) is 0. The summed E-state index contributed by atoms with van der Waals surface area (Å²) in [7, 11) is -1.91. The van der Waals surface area contributed by atoms with Crippen molar-refractivity contribution in [3.63, 3.8) is 0 Å². The Balaban J connectivity index is 2.25. The largest absolute Gasteiger partial charge is 0.167 e. The second kappa shape index (κ2) is 5.67. The van der Waals surface area contributed by atoms with E-state index in [9.17, 15) is 0 Å². The monoisotopic (exact) mass is 310 g/mol. The summed E-state index contributed by atoms with van der Waals surface area (Å²) in [5.74, 6) is 0. The molecule has 0 radical (unpaired) electrons. The fourth-order valence-electron chi connectivity index (χ4n) is 3.09. The lowest BCUT2D eigenvalue weighted by atomic mass is 9.98. The Kier molecular flexibility index (Phi) is 3.88. The molecule has 3 aromatic carbocycles. The minimum Gasteiger partial charge on any atom is -0.167 e. The summed E-state index contributed by atoms with van der Waals surface area (Å²) in [6, 6.07) is 25.8. The van der Waals surface area contributed by atoms with Crippen molar-refractivity contribution in [1.29, 1.82) is 0 Å². The summed E-state index contributed by atoms with van der Waals surface area (Å²) < 4.78 is 0. The highest BCUT2D eigenvalue weighted by Crippen LogP contribution is 2.39. The van der Waals surface area contributed by atoms with Crippen LogP contribution in [0.5, 0.6) is 0 Å². The van der Waals surface area contributed by atoms with Crippen LogP contribution in [-0.2, 0) is 0 Å². The molecule has 0 aliphatic rings. The van der Waals surface area contributed by atoms with Crippen molar-refractivity contribution >= 4 is 29.2 Å². The first-order chi connectivity index (χ1) is 10.1. The Labute approximate surface area is 132 Å². The number of hydrogen-bond donors (Lipinski definition) is 0. The Morgan fingerprint density at radius 1 is 0.762 bits per heavy atom. The summed E-state index contributed by atoms with van der Waals surface area (Å²) in [5, 5.41) is 2.60. The van der Waals surface area contributed by atoms with E-state index in [1.165, 1.54) is 21.9 Å². The molecule has 0 fully saturated rings. The summed E-state index contributed by atoms with van der Waals surface area (Å²) in [6.45, 7) is 4.46. The van der Waals surface area contributed by atoms with Crippen LogP contribution < -0.4 is 0 Å². The van der Waals surface area contributed by atoms with Crippen molar-refractivity contribution < 1.29 is 0 Å². The molecule has 0 unspecified atom stereocenters. The van der Waals surface area contributed by atoms with Gasteiger partial charge < -0.3 is 0 Å². The van der Waals surface area contributed by atoms with Crippen LogP contribution in [0, 0.1) is 0 Å². The zero-order valence-corrected chi connectivity index (χ0v) is 14.1. The molecule has 0 spiro atoms. The summed E-state index contributed by atoms with van der Waals surface area (Å²) >= 11 is 6.91. The number of benzene rings is 3. The first-order valence-electron chi connectivity index (χ1n) is 7.29. The van der Waals surface area contributed by atoms with Gasteiger partial charge in [0.1, 0.15) is 0 Å². The zero-order chi connectivity index (χ0) is 14.9. The average Bonchev–Trinajstić information content (AvgIpc) is 2.47. The van der Waals surface area contributed by atoms with Gasteiger partial charge in [0, 0.05) is 5.54 Å². The zero-order valence-electron chi connectivity index (χ0n) is 12.4. The molecule has 2 heteroatoms. The van der Waals surface area contributed by atoms with Gasteiger partial charge >= 0.3 is 0 Å². The van der Waals surface area contributed by atoms with Crippen LogP contribution in [-0.4, -0.2) is 7.38 Å². The molecule has 0 aliphatic carbocycles.